The van der Waals surface area contributed by atoms with E-state index < -0.39 is 10.8 Å². The van der Waals surface area contributed by atoms with E-state index >= 15 is 0 Å². The molecule has 180 valence electrons. The number of nitrogens with one attached hydrogen (secondary N) is 2. The van der Waals surface area contributed by atoms with Gasteiger partial charge in [0.25, 0.3) is 5.91 Å². The zero-order valence-electron chi connectivity index (χ0n) is 18.7. The van der Waals surface area contributed by atoms with Gasteiger partial charge in [-0.3, -0.25) is 25.0 Å². The lowest BCUT2D eigenvalue weighted by Gasteiger charge is -2.36. The van der Waals surface area contributed by atoms with Crippen LogP contribution in [0.2, 0.25) is 5.02 Å². The van der Waals surface area contributed by atoms with Crippen molar-refractivity contribution in [3.05, 3.63) is 57.1 Å². The lowest BCUT2D eigenvalue weighted by atomic mass is 10.1. The second-order valence-electron chi connectivity index (χ2n) is 7.44. The molecule has 2 N–H and O–H groups in total. The van der Waals surface area contributed by atoms with Crippen molar-refractivity contribution in [3.8, 4) is 5.75 Å². The highest BCUT2D eigenvalue weighted by Gasteiger charge is 2.22. The summed E-state index contributed by atoms with van der Waals surface area (Å²) >= 11 is 11.7. The van der Waals surface area contributed by atoms with Gasteiger partial charge in [0, 0.05) is 49.9 Å². The molecule has 0 aliphatic carbocycles. The maximum Gasteiger partial charge on any atom is 0.311 e. The highest BCUT2D eigenvalue weighted by molar-refractivity contribution is 7.80. The number of halogens is 1. The van der Waals surface area contributed by atoms with Crippen LogP contribution in [0.1, 0.15) is 23.7 Å². The summed E-state index contributed by atoms with van der Waals surface area (Å²) in [5.74, 6) is -0.411. The predicted molar refractivity (Wildman–Crippen MR) is 134 cm³/mol. The third-order valence-electron chi connectivity index (χ3n) is 5.35. The number of amides is 2. The number of benzene rings is 2. The summed E-state index contributed by atoms with van der Waals surface area (Å²) in [4.78, 5) is 38.8. The number of carbonyl (C=O) groups excluding carboxylic acids is 2. The number of carbonyl (C=O) groups is 2. The topological polar surface area (TPSA) is 117 Å². The summed E-state index contributed by atoms with van der Waals surface area (Å²) in [7, 11) is 1.31. The molecule has 0 saturated carbocycles. The molecule has 0 atom stereocenters. The Labute approximate surface area is 207 Å². The highest BCUT2D eigenvalue weighted by atomic mass is 35.5. The first kappa shape index (κ1) is 25.2. The van der Waals surface area contributed by atoms with Crippen LogP contribution in [0.15, 0.2) is 36.4 Å². The Balaban J connectivity index is 1.61. The van der Waals surface area contributed by atoms with Gasteiger partial charge in [-0.1, -0.05) is 18.5 Å². The number of methoxy groups -OCH3 is 1. The number of ether oxygens (including phenoxy) is 1. The largest absolute Gasteiger partial charge is 0.490 e. The van der Waals surface area contributed by atoms with Gasteiger partial charge in [0.2, 0.25) is 5.91 Å². The number of rotatable bonds is 6. The van der Waals surface area contributed by atoms with Gasteiger partial charge in [-0.15, -0.1) is 0 Å². The number of nitro benzene ring substituents is 1. The standard InChI is InChI=1S/C22H24ClN5O5S/c1-3-20(29)27-10-8-26(9-11-27)17-6-5-15(13-16(17)23)24-22(34)25-21(30)14-4-7-19(33-2)18(12-14)28(31)32/h4-7,12-13H,3,8-11H2,1-2H3,(H2,24,25,30,34). The minimum absolute atomic E-state index is 0.0129. The molecule has 0 radical (unpaired) electrons. The van der Waals surface area contributed by atoms with Gasteiger partial charge in [0.15, 0.2) is 10.9 Å². The van der Waals surface area contributed by atoms with Gasteiger partial charge >= 0.3 is 5.69 Å². The quantitative estimate of drug-likeness (QED) is 0.348. The molecule has 2 aromatic rings. The fourth-order valence-corrected chi connectivity index (χ4v) is 4.08. The maximum atomic E-state index is 12.5. The first-order valence-corrected chi connectivity index (χ1v) is 11.3. The third-order valence-corrected chi connectivity index (χ3v) is 5.85. The highest BCUT2D eigenvalue weighted by Crippen LogP contribution is 2.30. The van der Waals surface area contributed by atoms with E-state index in [9.17, 15) is 19.7 Å². The summed E-state index contributed by atoms with van der Waals surface area (Å²) < 4.78 is 4.94. The van der Waals surface area contributed by atoms with Crippen LogP contribution >= 0.6 is 23.8 Å². The van der Waals surface area contributed by atoms with Crippen molar-refractivity contribution < 1.29 is 19.2 Å². The molecule has 2 amide bonds. The third kappa shape index (κ3) is 5.91. The number of nitrogens with zero attached hydrogens (tertiary/aromatic N) is 3. The fourth-order valence-electron chi connectivity index (χ4n) is 3.57. The normalized spacial score (nSPS) is 13.3. The molecular formula is C22H24ClN5O5S. The van der Waals surface area contributed by atoms with E-state index in [0.717, 1.165) is 11.8 Å². The van der Waals surface area contributed by atoms with Gasteiger partial charge in [0.1, 0.15) is 0 Å². The minimum atomic E-state index is -0.628. The summed E-state index contributed by atoms with van der Waals surface area (Å²) in [6.45, 7) is 4.50. The minimum Gasteiger partial charge on any atom is -0.490 e. The number of piperazine rings is 1. The summed E-state index contributed by atoms with van der Waals surface area (Å²) in [5, 5.41) is 17.1. The average Bonchev–Trinajstić information content (AvgIpc) is 2.83. The number of thiocarbonyl (C=S) groups is 1. The zero-order chi connectivity index (χ0) is 24.8. The molecule has 0 bridgehead atoms. The van der Waals surface area contributed by atoms with Crippen molar-refractivity contribution in [3.63, 3.8) is 0 Å². The van der Waals surface area contributed by atoms with Crippen molar-refractivity contribution in [2.24, 2.45) is 0 Å². The smallest absolute Gasteiger partial charge is 0.311 e. The lowest BCUT2D eigenvalue weighted by Crippen LogP contribution is -2.48. The zero-order valence-corrected chi connectivity index (χ0v) is 20.2. The summed E-state index contributed by atoms with van der Waals surface area (Å²) in [5.41, 5.74) is 1.15. The van der Waals surface area contributed by atoms with Crippen LogP contribution in [0.25, 0.3) is 0 Å². The molecule has 12 heteroatoms. The van der Waals surface area contributed by atoms with Gasteiger partial charge in [-0.05, 0) is 42.5 Å². The molecule has 0 unspecified atom stereocenters. The Morgan fingerprint density at radius 1 is 1.18 bits per heavy atom. The number of hydrogen-bond donors (Lipinski definition) is 2. The van der Waals surface area contributed by atoms with E-state index in [0.29, 0.717) is 43.3 Å². The van der Waals surface area contributed by atoms with Crippen molar-refractivity contribution in [2.45, 2.75) is 13.3 Å². The maximum absolute atomic E-state index is 12.5. The van der Waals surface area contributed by atoms with Crippen molar-refractivity contribution in [1.82, 2.24) is 10.2 Å². The molecule has 1 aliphatic heterocycles. The molecule has 10 nitrogen and oxygen atoms in total. The van der Waals surface area contributed by atoms with E-state index in [1.165, 1.54) is 19.2 Å². The predicted octanol–water partition coefficient (Wildman–Crippen LogP) is 3.44. The molecule has 2 aromatic carbocycles. The molecule has 1 aliphatic rings. The van der Waals surface area contributed by atoms with E-state index in [4.69, 9.17) is 28.6 Å². The lowest BCUT2D eigenvalue weighted by molar-refractivity contribution is -0.385. The molecule has 0 aromatic heterocycles. The van der Waals surface area contributed by atoms with E-state index in [1.807, 2.05) is 17.9 Å². The molecular weight excluding hydrogens is 482 g/mol. The summed E-state index contributed by atoms with van der Waals surface area (Å²) in [6.07, 6.45) is 0.493. The number of hydrogen-bond acceptors (Lipinski definition) is 7. The first-order chi connectivity index (χ1) is 16.2. The second kappa shape index (κ2) is 11.1. The van der Waals surface area contributed by atoms with Crippen LogP contribution in [0.5, 0.6) is 5.75 Å². The molecule has 1 fully saturated rings. The van der Waals surface area contributed by atoms with Gasteiger partial charge in [-0.25, -0.2) is 0 Å². The van der Waals surface area contributed by atoms with Crippen LogP contribution in [0, 0.1) is 10.1 Å². The Bertz CT molecular complexity index is 1120. The monoisotopic (exact) mass is 505 g/mol. The summed E-state index contributed by atoms with van der Waals surface area (Å²) in [6, 6.07) is 9.19. The Morgan fingerprint density at radius 2 is 1.88 bits per heavy atom. The van der Waals surface area contributed by atoms with Gasteiger partial charge in [-0.2, -0.15) is 0 Å². The van der Waals surface area contributed by atoms with Gasteiger partial charge in [0.05, 0.1) is 22.7 Å². The Hall–Kier alpha value is -3.44. The fraction of sp³-hybridized carbons (Fsp3) is 0.318. The van der Waals surface area contributed by atoms with Crippen LogP contribution in [-0.4, -0.2) is 60.0 Å². The van der Waals surface area contributed by atoms with Crippen molar-refractivity contribution in [2.75, 3.05) is 43.5 Å². The number of anilines is 2. The van der Waals surface area contributed by atoms with E-state index in [2.05, 4.69) is 15.5 Å². The van der Waals surface area contributed by atoms with Crippen LogP contribution in [0.3, 0.4) is 0 Å². The van der Waals surface area contributed by atoms with Gasteiger partial charge < -0.3 is 19.9 Å². The van der Waals surface area contributed by atoms with Crippen molar-refractivity contribution >= 4 is 57.8 Å². The second-order valence-corrected chi connectivity index (χ2v) is 8.26. The molecule has 3 rings (SSSR count). The molecule has 1 saturated heterocycles. The first-order valence-electron chi connectivity index (χ1n) is 10.5. The van der Waals surface area contributed by atoms with E-state index in [-0.39, 0.29) is 28.0 Å². The van der Waals surface area contributed by atoms with Crippen molar-refractivity contribution in [1.29, 1.82) is 0 Å². The Morgan fingerprint density at radius 3 is 2.47 bits per heavy atom. The van der Waals surface area contributed by atoms with Crippen LogP contribution in [0.4, 0.5) is 17.1 Å². The van der Waals surface area contributed by atoms with E-state index in [1.54, 1.807) is 12.1 Å². The molecule has 34 heavy (non-hydrogen) atoms. The average molecular weight is 506 g/mol. The van der Waals surface area contributed by atoms with Crippen LogP contribution < -0.4 is 20.3 Å². The SMILES string of the molecule is CCC(=O)N1CCN(c2ccc(NC(=S)NC(=O)c3ccc(OC)c([N+](=O)[O-])c3)cc2Cl)CC1. The van der Waals surface area contributed by atoms with Crippen LogP contribution in [-0.2, 0) is 4.79 Å². The Kier molecular flexibility index (Phi) is 8.24. The number of nitro groups is 1. The molecule has 0 spiro atoms. The molecule has 1 heterocycles.